The number of aromatic nitrogens is 1. The van der Waals surface area contributed by atoms with Gasteiger partial charge in [0.15, 0.2) is 0 Å². The monoisotopic (exact) mass is 338 g/mol. The molecule has 1 aromatic carbocycles. The predicted octanol–water partition coefficient (Wildman–Crippen LogP) is 3.92. The van der Waals surface area contributed by atoms with Gasteiger partial charge < -0.3 is 0 Å². The molecule has 2 atom stereocenters. The molecule has 1 aromatic heterocycles. The molecular weight excluding hydrogens is 324 g/mol. The first-order valence-electron chi connectivity index (χ1n) is 7.40. The Hall–Kier alpha value is -2.44. The molecule has 2 aromatic rings. The lowest BCUT2D eigenvalue weighted by Crippen LogP contribution is -2.40. The highest BCUT2D eigenvalue weighted by atomic mass is 19.4. The molecule has 0 saturated heterocycles. The van der Waals surface area contributed by atoms with Crippen molar-refractivity contribution >= 4 is 11.7 Å². The molecule has 0 radical (unpaired) electrons. The fourth-order valence-corrected chi connectivity index (χ4v) is 2.74. The summed E-state index contributed by atoms with van der Waals surface area (Å²) in [6.45, 7) is -1.39. The van der Waals surface area contributed by atoms with Crippen LogP contribution in [-0.4, -0.2) is 23.6 Å². The minimum absolute atomic E-state index is 0.0373. The van der Waals surface area contributed by atoms with Crippen LogP contribution in [0, 0.1) is 11.7 Å². The summed E-state index contributed by atoms with van der Waals surface area (Å²) >= 11 is 0. The summed E-state index contributed by atoms with van der Waals surface area (Å²) in [4.78, 5) is 17.1. The Kier molecular flexibility index (Phi) is 4.26. The van der Waals surface area contributed by atoms with Crippen LogP contribution in [0.25, 0.3) is 0 Å². The zero-order chi connectivity index (χ0) is 17.3. The largest absolute Gasteiger partial charge is 0.406 e. The van der Waals surface area contributed by atoms with Gasteiger partial charge in [-0.15, -0.1) is 0 Å². The Morgan fingerprint density at radius 2 is 2.00 bits per heavy atom. The topological polar surface area (TPSA) is 33.2 Å². The molecule has 1 fully saturated rings. The van der Waals surface area contributed by atoms with Crippen LogP contribution in [0.15, 0.2) is 48.7 Å². The van der Waals surface area contributed by atoms with Crippen molar-refractivity contribution in [2.75, 3.05) is 11.4 Å². The fraction of sp³-hybridized carbons (Fsp3) is 0.294. The van der Waals surface area contributed by atoms with Crippen LogP contribution < -0.4 is 4.90 Å². The number of carbonyl (C=O) groups is 1. The number of alkyl halides is 3. The molecule has 3 rings (SSSR count). The van der Waals surface area contributed by atoms with Crippen LogP contribution in [0.3, 0.4) is 0 Å². The number of carbonyl (C=O) groups excluding carboxylic acids is 1. The van der Waals surface area contributed by atoms with Crippen molar-refractivity contribution in [1.82, 2.24) is 4.98 Å². The highest BCUT2D eigenvalue weighted by Gasteiger charge is 2.48. The number of pyridine rings is 1. The summed E-state index contributed by atoms with van der Waals surface area (Å²) < 4.78 is 51.8. The molecule has 24 heavy (non-hydrogen) atoms. The van der Waals surface area contributed by atoms with E-state index in [1.54, 1.807) is 12.1 Å². The van der Waals surface area contributed by atoms with Gasteiger partial charge in [0.25, 0.3) is 0 Å². The number of amides is 1. The Labute approximate surface area is 135 Å². The molecular formula is C17H14F4N2O. The van der Waals surface area contributed by atoms with Gasteiger partial charge in [-0.25, -0.2) is 9.37 Å². The van der Waals surface area contributed by atoms with Crippen molar-refractivity contribution < 1.29 is 22.4 Å². The van der Waals surface area contributed by atoms with Gasteiger partial charge in [-0.2, -0.15) is 13.2 Å². The van der Waals surface area contributed by atoms with Gasteiger partial charge >= 0.3 is 6.18 Å². The van der Waals surface area contributed by atoms with E-state index in [1.165, 1.54) is 36.5 Å². The third kappa shape index (κ3) is 3.72. The minimum Gasteiger partial charge on any atom is -0.287 e. The molecule has 1 aliphatic rings. The number of benzene rings is 1. The average Bonchev–Trinajstić information content (AvgIpc) is 3.33. The molecule has 0 unspecified atom stereocenters. The van der Waals surface area contributed by atoms with Crippen LogP contribution >= 0.6 is 0 Å². The van der Waals surface area contributed by atoms with Gasteiger partial charge in [-0.1, -0.05) is 18.2 Å². The van der Waals surface area contributed by atoms with Gasteiger partial charge in [0.05, 0.1) is 0 Å². The summed E-state index contributed by atoms with van der Waals surface area (Å²) in [6.07, 6.45) is -2.79. The molecule has 3 nitrogen and oxygen atoms in total. The Bertz CT molecular complexity index is 733. The van der Waals surface area contributed by atoms with Crippen molar-refractivity contribution in [3.63, 3.8) is 0 Å². The fourth-order valence-electron chi connectivity index (χ4n) is 2.74. The van der Waals surface area contributed by atoms with Crippen LogP contribution in [-0.2, 0) is 4.79 Å². The zero-order valence-corrected chi connectivity index (χ0v) is 12.5. The smallest absolute Gasteiger partial charge is 0.287 e. The van der Waals surface area contributed by atoms with Crippen molar-refractivity contribution in [3.05, 3.63) is 60.0 Å². The summed E-state index contributed by atoms with van der Waals surface area (Å²) in [7, 11) is 0. The van der Waals surface area contributed by atoms with Crippen molar-refractivity contribution in [2.45, 2.75) is 18.5 Å². The molecule has 1 saturated carbocycles. The lowest BCUT2D eigenvalue weighted by atomic mass is 10.1. The quantitative estimate of drug-likeness (QED) is 0.792. The van der Waals surface area contributed by atoms with Crippen LogP contribution in [0.4, 0.5) is 23.4 Å². The first kappa shape index (κ1) is 16.4. The first-order valence-corrected chi connectivity index (χ1v) is 7.40. The maximum absolute atomic E-state index is 13.3. The summed E-state index contributed by atoms with van der Waals surface area (Å²) in [5.74, 6) is -1.95. The predicted molar refractivity (Wildman–Crippen MR) is 79.9 cm³/mol. The molecule has 0 bridgehead atoms. The summed E-state index contributed by atoms with van der Waals surface area (Å²) in [6, 6.07) is 10.2. The average molecular weight is 338 g/mol. The van der Waals surface area contributed by atoms with E-state index in [0.29, 0.717) is 16.9 Å². The molecule has 0 aliphatic heterocycles. The number of nitrogens with zero attached hydrogens (tertiary/aromatic N) is 2. The maximum atomic E-state index is 13.3. The Morgan fingerprint density at radius 3 is 2.62 bits per heavy atom. The van der Waals surface area contributed by atoms with E-state index < -0.39 is 30.4 Å². The second-order valence-corrected chi connectivity index (χ2v) is 5.73. The number of hydrogen-bond donors (Lipinski definition) is 0. The second kappa shape index (κ2) is 6.22. The zero-order valence-electron chi connectivity index (χ0n) is 12.5. The molecule has 0 spiro atoms. The van der Waals surface area contributed by atoms with Gasteiger partial charge in [0.2, 0.25) is 5.91 Å². The molecule has 126 valence electrons. The van der Waals surface area contributed by atoms with E-state index in [0.717, 1.165) is 0 Å². The summed E-state index contributed by atoms with van der Waals surface area (Å²) in [5, 5.41) is 0. The van der Waals surface area contributed by atoms with Gasteiger partial charge in [0, 0.05) is 12.1 Å². The lowest BCUT2D eigenvalue weighted by molar-refractivity contribution is -0.133. The number of rotatable bonds is 4. The van der Waals surface area contributed by atoms with E-state index in [4.69, 9.17) is 0 Å². The molecule has 0 N–H and O–H groups in total. The normalized spacial score (nSPS) is 19.8. The van der Waals surface area contributed by atoms with Crippen LogP contribution in [0.5, 0.6) is 0 Å². The number of anilines is 1. The summed E-state index contributed by atoms with van der Waals surface area (Å²) in [5.41, 5.74) is 0.626. The van der Waals surface area contributed by atoms with Crippen molar-refractivity contribution in [3.8, 4) is 0 Å². The highest BCUT2D eigenvalue weighted by Crippen LogP contribution is 2.49. The van der Waals surface area contributed by atoms with E-state index in [-0.39, 0.29) is 11.7 Å². The second-order valence-electron chi connectivity index (χ2n) is 5.73. The number of halogens is 4. The van der Waals surface area contributed by atoms with Crippen molar-refractivity contribution in [1.29, 1.82) is 0 Å². The highest BCUT2D eigenvalue weighted by molar-refractivity contribution is 5.96. The SMILES string of the molecule is O=C([C@H]1C[C@H]1c1cccc(F)c1)N(CC(F)(F)F)c1ccccn1. The molecule has 1 amide bonds. The van der Waals surface area contributed by atoms with Gasteiger partial charge in [-0.05, 0) is 42.2 Å². The molecule has 1 heterocycles. The van der Waals surface area contributed by atoms with Crippen LogP contribution in [0.2, 0.25) is 0 Å². The molecule has 7 heteroatoms. The van der Waals surface area contributed by atoms with E-state index in [9.17, 15) is 22.4 Å². The van der Waals surface area contributed by atoms with E-state index in [2.05, 4.69) is 4.98 Å². The first-order chi connectivity index (χ1) is 11.3. The maximum Gasteiger partial charge on any atom is 0.406 e. The lowest BCUT2D eigenvalue weighted by Gasteiger charge is -2.23. The third-order valence-electron chi connectivity index (χ3n) is 3.91. The Morgan fingerprint density at radius 1 is 1.21 bits per heavy atom. The minimum atomic E-state index is -4.53. The Balaban J connectivity index is 1.80. The molecule has 1 aliphatic carbocycles. The van der Waals surface area contributed by atoms with E-state index >= 15 is 0 Å². The van der Waals surface area contributed by atoms with Gasteiger partial charge in [-0.3, -0.25) is 9.69 Å². The third-order valence-corrected chi connectivity index (χ3v) is 3.91. The van der Waals surface area contributed by atoms with Gasteiger partial charge in [0.1, 0.15) is 18.2 Å². The van der Waals surface area contributed by atoms with Crippen LogP contribution in [0.1, 0.15) is 17.9 Å². The number of hydrogen-bond acceptors (Lipinski definition) is 2. The van der Waals surface area contributed by atoms with E-state index in [1.807, 2.05) is 0 Å². The van der Waals surface area contributed by atoms with Crippen molar-refractivity contribution in [2.24, 2.45) is 5.92 Å². The standard InChI is InChI=1S/C17H14F4N2O/c18-12-5-3-4-11(8-12)13-9-14(13)16(24)23(10-17(19,20)21)15-6-1-2-7-22-15/h1-8,13-14H,9-10H2/t13-,14-/m0/s1.